The molecule has 1 unspecified atom stereocenters. The number of carbonyl (C=O) groups is 1. The van der Waals surface area contributed by atoms with E-state index in [1.807, 2.05) is 20.8 Å². The molecule has 0 aromatic rings. The smallest absolute Gasteiger partial charge is 0.188 e. The van der Waals surface area contributed by atoms with E-state index in [0.717, 1.165) is 0 Å². The van der Waals surface area contributed by atoms with Gasteiger partial charge in [-0.2, -0.15) is 0 Å². The van der Waals surface area contributed by atoms with Crippen LogP contribution in [0.4, 0.5) is 0 Å². The third-order valence-corrected chi connectivity index (χ3v) is 6.55. The second-order valence-corrected chi connectivity index (χ2v) is 8.46. The van der Waals surface area contributed by atoms with E-state index in [1.165, 1.54) is 7.11 Å². The van der Waals surface area contributed by atoms with E-state index in [2.05, 4.69) is 6.58 Å². The second kappa shape index (κ2) is 6.41. The van der Waals surface area contributed by atoms with Gasteiger partial charge in [0.15, 0.2) is 5.78 Å². The highest BCUT2D eigenvalue weighted by molar-refractivity contribution is 6.14. The van der Waals surface area contributed by atoms with Crippen LogP contribution in [0.3, 0.4) is 0 Å². The maximum absolute atomic E-state index is 12.8. The van der Waals surface area contributed by atoms with Crippen molar-refractivity contribution in [3.05, 3.63) is 34.9 Å². The molecule has 1 saturated carbocycles. The monoisotopic (exact) mass is 362 g/mol. The van der Waals surface area contributed by atoms with Gasteiger partial charge in [0.1, 0.15) is 11.2 Å². The fourth-order valence-corrected chi connectivity index (χ4v) is 5.02. The van der Waals surface area contributed by atoms with E-state index >= 15 is 0 Å². The third kappa shape index (κ3) is 2.64. The quantitative estimate of drug-likeness (QED) is 0.527. The molecule has 0 aliphatic heterocycles. The van der Waals surface area contributed by atoms with Crippen LogP contribution in [0.15, 0.2) is 34.9 Å². The zero-order valence-electron chi connectivity index (χ0n) is 16.1. The van der Waals surface area contributed by atoms with Crippen LogP contribution in [0.2, 0.25) is 0 Å². The maximum Gasteiger partial charge on any atom is 0.188 e. The number of hydrogen-bond acceptors (Lipinski definition) is 5. The first-order valence-electron chi connectivity index (χ1n) is 9.39. The molecule has 144 valence electrons. The lowest BCUT2D eigenvalue weighted by Gasteiger charge is -2.37. The molecule has 0 saturated heterocycles. The van der Waals surface area contributed by atoms with Gasteiger partial charge in [-0.25, -0.2) is 0 Å². The minimum atomic E-state index is -1.64. The summed E-state index contributed by atoms with van der Waals surface area (Å²) in [5.41, 5.74) is -1.01. The molecule has 5 atom stereocenters. The summed E-state index contributed by atoms with van der Waals surface area (Å²) in [7, 11) is 1.53. The minimum absolute atomic E-state index is 0.0678. The molecule has 5 heteroatoms. The van der Waals surface area contributed by atoms with Crippen LogP contribution in [-0.4, -0.2) is 52.1 Å². The summed E-state index contributed by atoms with van der Waals surface area (Å²) in [6, 6.07) is 0. The second-order valence-electron chi connectivity index (χ2n) is 8.46. The Bertz CT molecular complexity index is 703. The number of hydrogen-bond donors (Lipinski definition) is 3. The van der Waals surface area contributed by atoms with Gasteiger partial charge in [-0.1, -0.05) is 27.4 Å². The molecule has 0 aromatic carbocycles. The van der Waals surface area contributed by atoms with E-state index in [4.69, 9.17) is 4.74 Å². The summed E-state index contributed by atoms with van der Waals surface area (Å²) in [4.78, 5) is 12.8. The van der Waals surface area contributed by atoms with Crippen LogP contribution in [0.5, 0.6) is 0 Å². The van der Waals surface area contributed by atoms with Crippen LogP contribution < -0.4 is 0 Å². The highest BCUT2D eigenvalue weighted by Crippen LogP contribution is 2.52. The van der Waals surface area contributed by atoms with Crippen molar-refractivity contribution >= 4 is 5.78 Å². The molecule has 0 aromatic heterocycles. The Morgan fingerprint density at radius 2 is 2.04 bits per heavy atom. The van der Waals surface area contributed by atoms with Crippen molar-refractivity contribution < 1.29 is 24.9 Å². The SMILES string of the molecule is C=C1C(=O)C(C(C)C)=C2C[C@H](O)[C@H](C)C3CC[C@](O)(COC)/C3=C/[C@@]12O. The summed E-state index contributed by atoms with van der Waals surface area (Å²) in [5, 5.41) is 33.5. The van der Waals surface area contributed by atoms with E-state index in [-0.39, 0.29) is 42.1 Å². The molecule has 3 rings (SSSR count). The number of ketones is 1. The summed E-state index contributed by atoms with van der Waals surface area (Å²) in [5.74, 6) is -0.495. The molecule has 0 spiro atoms. The molecule has 26 heavy (non-hydrogen) atoms. The van der Waals surface area contributed by atoms with Crippen molar-refractivity contribution in [3.63, 3.8) is 0 Å². The zero-order chi connectivity index (χ0) is 19.4. The molecule has 3 aliphatic carbocycles. The first-order chi connectivity index (χ1) is 12.1. The number of rotatable bonds is 3. The first kappa shape index (κ1) is 19.5. The van der Waals surface area contributed by atoms with Gasteiger partial charge in [0, 0.05) is 18.3 Å². The standard InChI is InChI=1S/C21H30O5/c1-11(2)18-15-8-17(22)12(3)14-6-7-20(24,10-26-5)16(14)9-21(15,25)13(4)19(18)23/h9,11-12,14,17,22,24-25H,4,6-8,10H2,1-3,5H3/b16-9+/t12-,14?,17+,20+,21-/m1/s1. The van der Waals surface area contributed by atoms with Gasteiger partial charge in [0.25, 0.3) is 0 Å². The van der Waals surface area contributed by atoms with Crippen LogP contribution in [-0.2, 0) is 9.53 Å². The average molecular weight is 362 g/mol. The molecule has 0 radical (unpaired) electrons. The van der Waals surface area contributed by atoms with Crippen molar-refractivity contribution in [1.82, 2.24) is 0 Å². The van der Waals surface area contributed by atoms with E-state index in [0.29, 0.717) is 29.6 Å². The minimum Gasteiger partial charge on any atom is -0.392 e. The van der Waals surface area contributed by atoms with E-state index in [1.54, 1.807) is 6.08 Å². The van der Waals surface area contributed by atoms with Gasteiger partial charge >= 0.3 is 0 Å². The van der Waals surface area contributed by atoms with E-state index in [9.17, 15) is 20.1 Å². The lowest BCUT2D eigenvalue weighted by atomic mass is 9.73. The van der Waals surface area contributed by atoms with Gasteiger partial charge in [0.05, 0.1) is 12.7 Å². The van der Waals surface area contributed by atoms with Crippen molar-refractivity contribution in [2.75, 3.05) is 13.7 Å². The fourth-order valence-electron chi connectivity index (χ4n) is 5.02. The fraction of sp³-hybridized carbons (Fsp3) is 0.667. The summed E-state index contributed by atoms with van der Waals surface area (Å²) < 4.78 is 5.23. The highest BCUT2D eigenvalue weighted by atomic mass is 16.5. The van der Waals surface area contributed by atoms with Gasteiger partial charge < -0.3 is 20.1 Å². The third-order valence-electron chi connectivity index (χ3n) is 6.55. The van der Waals surface area contributed by atoms with Crippen molar-refractivity contribution in [2.45, 2.75) is 57.3 Å². The summed E-state index contributed by atoms with van der Waals surface area (Å²) in [6.45, 7) is 9.76. The summed E-state index contributed by atoms with van der Waals surface area (Å²) >= 11 is 0. The van der Waals surface area contributed by atoms with Crippen molar-refractivity contribution in [1.29, 1.82) is 0 Å². The van der Waals surface area contributed by atoms with Crippen LogP contribution >= 0.6 is 0 Å². The highest BCUT2D eigenvalue weighted by Gasteiger charge is 2.54. The number of aliphatic hydroxyl groups excluding tert-OH is 1. The van der Waals surface area contributed by atoms with Crippen molar-refractivity contribution in [3.8, 4) is 0 Å². The Kier molecular flexibility index (Phi) is 4.81. The van der Waals surface area contributed by atoms with Crippen LogP contribution in [0.1, 0.15) is 40.0 Å². The molecule has 3 aliphatic rings. The lowest BCUT2D eigenvalue weighted by molar-refractivity contribution is -0.112. The lowest BCUT2D eigenvalue weighted by Crippen LogP contribution is -2.41. The Hall–Kier alpha value is -1.27. The first-order valence-corrected chi connectivity index (χ1v) is 9.39. The molecule has 1 fully saturated rings. The predicted octanol–water partition coefficient (Wildman–Crippen LogP) is 1.92. The zero-order valence-corrected chi connectivity index (χ0v) is 16.1. The van der Waals surface area contributed by atoms with Gasteiger partial charge in [-0.3, -0.25) is 4.79 Å². The molecular formula is C21H30O5. The largest absolute Gasteiger partial charge is 0.392 e. The number of methoxy groups -OCH3 is 1. The number of aliphatic hydroxyl groups is 3. The number of fused-ring (bicyclic) bond motifs is 2. The normalized spacial score (nSPS) is 42.5. The molecular weight excluding hydrogens is 332 g/mol. The topological polar surface area (TPSA) is 87.0 Å². The number of Topliss-reactive ketones (excluding diaryl/α,β-unsaturated/α-hetero) is 1. The Morgan fingerprint density at radius 3 is 2.62 bits per heavy atom. The Morgan fingerprint density at radius 1 is 1.38 bits per heavy atom. The van der Waals surface area contributed by atoms with Gasteiger partial charge in [-0.05, 0) is 54.2 Å². The molecule has 3 N–H and O–H groups in total. The van der Waals surface area contributed by atoms with Crippen LogP contribution in [0.25, 0.3) is 0 Å². The van der Waals surface area contributed by atoms with Gasteiger partial charge in [0.2, 0.25) is 0 Å². The van der Waals surface area contributed by atoms with Gasteiger partial charge in [-0.15, -0.1) is 0 Å². The number of allylic oxidation sites excluding steroid dienone is 1. The number of ether oxygens (including phenoxy) is 1. The molecule has 0 bridgehead atoms. The Balaban J connectivity index is 2.25. The molecule has 5 nitrogen and oxygen atoms in total. The van der Waals surface area contributed by atoms with Crippen LogP contribution in [0, 0.1) is 17.8 Å². The average Bonchev–Trinajstić information content (AvgIpc) is 2.95. The number of carbonyl (C=O) groups excluding carboxylic acids is 1. The molecule has 0 heterocycles. The van der Waals surface area contributed by atoms with Crippen molar-refractivity contribution in [2.24, 2.45) is 17.8 Å². The Labute approximate surface area is 155 Å². The molecule has 0 amide bonds. The predicted molar refractivity (Wildman–Crippen MR) is 98.4 cm³/mol. The maximum atomic E-state index is 12.8. The summed E-state index contributed by atoms with van der Waals surface area (Å²) in [6.07, 6.45) is 2.37. The van der Waals surface area contributed by atoms with E-state index < -0.39 is 17.3 Å².